The van der Waals surface area contributed by atoms with Crippen molar-refractivity contribution >= 4 is 5.91 Å². The highest BCUT2D eigenvalue weighted by atomic mass is 16.5. The van der Waals surface area contributed by atoms with Gasteiger partial charge in [-0.1, -0.05) is 18.1 Å². The molecule has 0 bridgehead atoms. The van der Waals surface area contributed by atoms with E-state index in [0.29, 0.717) is 36.3 Å². The van der Waals surface area contributed by atoms with Crippen molar-refractivity contribution in [2.75, 3.05) is 19.6 Å². The van der Waals surface area contributed by atoms with E-state index in [1.165, 1.54) is 0 Å². The zero-order valence-electron chi connectivity index (χ0n) is 13.9. The van der Waals surface area contributed by atoms with Crippen LogP contribution in [0.25, 0.3) is 11.5 Å². The van der Waals surface area contributed by atoms with Gasteiger partial charge in [-0.05, 0) is 31.5 Å². The van der Waals surface area contributed by atoms with E-state index < -0.39 is 0 Å². The number of carbonyl (C=O) groups is 1. The first-order valence-electron chi connectivity index (χ1n) is 8.52. The van der Waals surface area contributed by atoms with E-state index in [9.17, 15) is 4.79 Å². The number of aromatic nitrogens is 3. The second-order valence-corrected chi connectivity index (χ2v) is 5.96. The largest absolute Gasteiger partial charge is 0.339 e. The first-order valence-corrected chi connectivity index (χ1v) is 8.52. The molecule has 1 N–H and O–H groups in total. The molecule has 2 aromatic rings. The topological polar surface area (TPSA) is 84.2 Å². The normalized spacial score (nSPS) is 17.1. The number of aryl methyl sites for hydroxylation is 1. The second kappa shape index (κ2) is 8.01. The van der Waals surface area contributed by atoms with Crippen LogP contribution >= 0.6 is 0 Å². The van der Waals surface area contributed by atoms with Crippen LogP contribution in [-0.4, -0.2) is 51.6 Å². The molecule has 1 fully saturated rings. The Balaban J connectivity index is 1.58. The molecule has 1 unspecified atom stereocenters. The fraction of sp³-hybridized carbons (Fsp3) is 0.529. The van der Waals surface area contributed by atoms with Gasteiger partial charge in [-0.15, -0.1) is 0 Å². The van der Waals surface area contributed by atoms with E-state index in [0.717, 1.165) is 32.5 Å². The van der Waals surface area contributed by atoms with Gasteiger partial charge >= 0.3 is 0 Å². The molecule has 1 aliphatic heterocycles. The zero-order chi connectivity index (χ0) is 16.8. The van der Waals surface area contributed by atoms with Crippen LogP contribution in [0.2, 0.25) is 0 Å². The maximum absolute atomic E-state index is 12.6. The van der Waals surface area contributed by atoms with Crippen LogP contribution in [0, 0.1) is 0 Å². The predicted octanol–water partition coefficient (Wildman–Crippen LogP) is 1.66. The number of carbonyl (C=O) groups excluding carboxylic acids is 1. The van der Waals surface area contributed by atoms with Crippen molar-refractivity contribution in [3.63, 3.8) is 0 Å². The fourth-order valence-electron chi connectivity index (χ4n) is 2.97. The summed E-state index contributed by atoms with van der Waals surface area (Å²) >= 11 is 0. The van der Waals surface area contributed by atoms with E-state index in [2.05, 4.69) is 27.4 Å². The van der Waals surface area contributed by atoms with Crippen molar-refractivity contribution in [3.05, 3.63) is 30.3 Å². The summed E-state index contributed by atoms with van der Waals surface area (Å²) in [4.78, 5) is 23.1. The smallest absolute Gasteiger partial charge is 0.227 e. The van der Waals surface area contributed by atoms with Gasteiger partial charge in [-0.3, -0.25) is 9.78 Å². The summed E-state index contributed by atoms with van der Waals surface area (Å²) in [5.41, 5.74) is 0.670. The van der Waals surface area contributed by atoms with Gasteiger partial charge in [0.1, 0.15) is 5.69 Å². The molecule has 7 nitrogen and oxygen atoms in total. The zero-order valence-corrected chi connectivity index (χ0v) is 13.9. The molecule has 1 amide bonds. The van der Waals surface area contributed by atoms with Crippen molar-refractivity contribution in [2.45, 2.75) is 38.6 Å². The summed E-state index contributed by atoms with van der Waals surface area (Å²) in [5.74, 6) is 1.09. The second-order valence-electron chi connectivity index (χ2n) is 5.96. The third kappa shape index (κ3) is 3.97. The lowest BCUT2D eigenvalue weighted by Crippen LogP contribution is -2.42. The minimum Gasteiger partial charge on any atom is -0.339 e. The molecule has 7 heteroatoms. The molecule has 3 rings (SSSR count). The molecule has 0 spiro atoms. The molecule has 24 heavy (non-hydrogen) atoms. The average Bonchev–Trinajstić information content (AvgIpc) is 3.30. The van der Waals surface area contributed by atoms with Crippen molar-refractivity contribution in [1.82, 2.24) is 25.3 Å². The number of nitrogens with zero attached hydrogens (tertiary/aromatic N) is 4. The van der Waals surface area contributed by atoms with Crippen LogP contribution in [0.1, 0.15) is 32.1 Å². The molecule has 2 aromatic heterocycles. The third-order valence-electron chi connectivity index (χ3n) is 4.17. The molecule has 1 aliphatic rings. The number of amides is 1. The molecule has 3 heterocycles. The SMILES string of the molecule is CCCN(C(=O)CCc1nc(-c2ccccn2)no1)C1CCNC1. The van der Waals surface area contributed by atoms with Gasteiger partial charge in [0.25, 0.3) is 0 Å². The minimum absolute atomic E-state index is 0.156. The van der Waals surface area contributed by atoms with E-state index in [1.807, 2.05) is 23.1 Å². The fourth-order valence-corrected chi connectivity index (χ4v) is 2.97. The average molecular weight is 329 g/mol. The lowest BCUT2D eigenvalue weighted by atomic mass is 10.1. The van der Waals surface area contributed by atoms with Gasteiger partial charge in [0.2, 0.25) is 17.6 Å². The van der Waals surface area contributed by atoms with Crippen LogP contribution in [0.5, 0.6) is 0 Å². The van der Waals surface area contributed by atoms with Crippen molar-refractivity contribution in [2.24, 2.45) is 0 Å². The van der Waals surface area contributed by atoms with E-state index in [-0.39, 0.29) is 5.91 Å². The Bertz CT molecular complexity index is 652. The quantitative estimate of drug-likeness (QED) is 0.832. The Morgan fingerprint density at radius 3 is 3.08 bits per heavy atom. The van der Waals surface area contributed by atoms with Crippen LogP contribution < -0.4 is 5.32 Å². The summed E-state index contributed by atoms with van der Waals surface area (Å²) in [5, 5.41) is 7.26. The Morgan fingerprint density at radius 2 is 2.38 bits per heavy atom. The maximum atomic E-state index is 12.6. The highest BCUT2D eigenvalue weighted by molar-refractivity contribution is 5.76. The van der Waals surface area contributed by atoms with Gasteiger partial charge < -0.3 is 14.7 Å². The van der Waals surface area contributed by atoms with Gasteiger partial charge in [-0.25, -0.2) is 0 Å². The molecule has 0 radical (unpaired) electrons. The van der Waals surface area contributed by atoms with Crippen LogP contribution in [-0.2, 0) is 11.2 Å². The lowest BCUT2D eigenvalue weighted by molar-refractivity contribution is -0.133. The third-order valence-corrected chi connectivity index (χ3v) is 4.17. The summed E-state index contributed by atoms with van der Waals surface area (Å²) in [6, 6.07) is 5.85. The maximum Gasteiger partial charge on any atom is 0.227 e. The van der Waals surface area contributed by atoms with Crippen LogP contribution in [0.4, 0.5) is 0 Å². The molecule has 1 atom stereocenters. The van der Waals surface area contributed by atoms with Crippen molar-refractivity contribution < 1.29 is 9.32 Å². The molecule has 0 saturated carbocycles. The lowest BCUT2D eigenvalue weighted by Gasteiger charge is -2.28. The van der Waals surface area contributed by atoms with Gasteiger partial charge in [0.05, 0.1) is 0 Å². The molecular weight excluding hydrogens is 306 g/mol. The standard InChI is InChI=1S/C17H23N5O2/c1-2-11-22(13-8-10-18-12-13)16(23)7-6-15-20-17(21-24-15)14-5-3-4-9-19-14/h3-5,9,13,18H,2,6-8,10-12H2,1H3. The number of hydrogen-bond donors (Lipinski definition) is 1. The first kappa shape index (κ1) is 16.6. The molecule has 0 aliphatic carbocycles. The first-order chi connectivity index (χ1) is 11.8. The Hall–Kier alpha value is -2.28. The molecular formula is C17H23N5O2. The highest BCUT2D eigenvalue weighted by Gasteiger charge is 2.25. The monoisotopic (exact) mass is 329 g/mol. The Kier molecular flexibility index (Phi) is 5.53. The van der Waals surface area contributed by atoms with E-state index in [1.54, 1.807) is 6.20 Å². The van der Waals surface area contributed by atoms with Crippen molar-refractivity contribution in [3.8, 4) is 11.5 Å². The number of pyridine rings is 1. The summed E-state index contributed by atoms with van der Waals surface area (Å²) < 4.78 is 5.25. The highest BCUT2D eigenvalue weighted by Crippen LogP contribution is 2.15. The summed E-state index contributed by atoms with van der Waals surface area (Å²) in [6.45, 7) is 4.76. The number of hydrogen-bond acceptors (Lipinski definition) is 6. The Labute approximate surface area is 141 Å². The van der Waals surface area contributed by atoms with E-state index >= 15 is 0 Å². The van der Waals surface area contributed by atoms with Crippen LogP contribution in [0.15, 0.2) is 28.9 Å². The van der Waals surface area contributed by atoms with Gasteiger partial charge in [-0.2, -0.15) is 4.98 Å². The molecule has 1 saturated heterocycles. The summed E-state index contributed by atoms with van der Waals surface area (Å²) in [6.07, 6.45) is 4.52. The van der Waals surface area contributed by atoms with E-state index in [4.69, 9.17) is 4.52 Å². The number of nitrogens with one attached hydrogen (secondary N) is 1. The van der Waals surface area contributed by atoms with Crippen LogP contribution in [0.3, 0.4) is 0 Å². The Morgan fingerprint density at radius 1 is 1.46 bits per heavy atom. The van der Waals surface area contributed by atoms with Crippen molar-refractivity contribution in [1.29, 1.82) is 0 Å². The van der Waals surface area contributed by atoms with Gasteiger partial charge in [0, 0.05) is 38.2 Å². The number of rotatable bonds is 7. The molecule has 0 aromatic carbocycles. The predicted molar refractivity (Wildman–Crippen MR) is 89.1 cm³/mol. The molecule has 128 valence electrons. The minimum atomic E-state index is 0.156. The summed E-state index contributed by atoms with van der Waals surface area (Å²) in [7, 11) is 0. The van der Waals surface area contributed by atoms with Gasteiger partial charge in [0.15, 0.2) is 0 Å².